The second-order valence-corrected chi connectivity index (χ2v) is 4.68. The molecule has 1 atom stereocenters. The molecule has 1 saturated heterocycles. The molecule has 0 radical (unpaired) electrons. The van der Waals surface area contributed by atoms with E-state index in [0.29, 0.717) is 19.1 Å². The van der Waals surface area contributed by atoms with Crippen molar-refractivity contribution in [2.24, 2.45) is 5.92 Å². The molecule has 1 aromatic carbocycles. The molecule has 17 heavy (non-hydrogen) atoms. The van der Waals surface area contributed by atoms with Crippen molar-refractivity contribution in [1.29, 1.82) is 0 Å². The van der Waals surface area contributed by atoms with E-state index >= 15 is 0 Å². The maximum Gasteiger partial charge on any atom is 0.0717 e. The second-order valence-electron chi connectivity index (χ2n) is 4.68. The highest BCUT2D eigenvalue weighted by molar-refractivity contribution is 5.13. The minimum atomic E-state index is 0.321. The summed E-state index contributed by atoms with van der Waals surface area (Å²) >= 11 is 0. The summed E-state index contributed by atoms with van der Waals surface area (Å²) in [6.07, 6.45) is 1.12. The monoisotopic (exact) mass is 235 g/mol. The van der Waals surface area contributed by atoms with Gasteiger partial charge in [-0.3, -0.25) is 0 Å². The SMILES string of the molecule is OCC1CCN(CCOCc2ccccc2)C1. The van der Waals surface area contributed by atoms with Gasteiger partial charge in [0.2, 0.25) is 0 Å². The highest BCUT2D eigenvalue weighted by Gasteiger charge is 2.20. The van der Waals surface area contributed by atoms with Crippen molar-refractivity contribution in [2.45, 2.75) is 13.0 Å². The summed E-state index contributed by atoms with van der Waals surface area (Å²) in [5.74, 6) is 0.476. The first kappa shape index (κ1) is 12.6. The third-order valence-electron chi connectivity index (χ3n) is 3.29. The lowest BCUT2D eigenvalue weighted by molar-refractivity contribution is 0.0970. The standard InChI is InChI=1S/C14H21NO2/c16-11-14-6-7-15(10-14)8-9-17-12-13-4-2-1-3-5-13/h1-5,14,16H,6-12H2. The Morgan fingerprint density at radius 1 is 1.29 bits per heavy atom. The van der Waals surface area contributed by atoms with E-state index < -0.39 is 0 Å². The molecule has 1 fully saturated rings. The van der Waals surface area contributed by atoms with Crippen LogP contribution in [0.4, 0.5) is 0 Å². The maximum absolute atomic E-state index is 9.05. The minimum Gasteiger partial charge on any atom is -0.396 e. The summed E-state index contributed by atoms with van der Waals surface area (Å²) in [6, 6.07) is 10.2. The molecule has 0 amide bonds. The van der Waals surface area contributed by atoms with E-state index in [1.807, 2.05) is 18.2 Å². The minimum absolute atomic E-state index is 0.321. The molecule has 0 saturated carbocycles. The fourth-order valence-corrected chi connectivity index (χ4v) is 2.22. The number of hydrogen-bond donors (Lipinski definition) is 1. The summed E-state index contributed by atoms with van der Waals surface area (Å²) in [5.41, 5.74) is 1.22. The van der Waals surface area contributed by atoms with Gasteiger partial charge in [0.25, 0.3) is 0 Å². The van der Waals surface area contributed by atoms with Crippen LogP contribution in [-0.2, 0) is 11.3 Å². The average Bonchev–Trinajstić information content (AvgIpc) is 2.84. The van der Waals surface area contributed by atoms with E-state index in [0.717, 1.165) is 32.7 Å². The molecule has 1 aromatic rings. The second kappa shape index (κ2) is 6.74. The van der Waals surface area contributed by atoms with Crippen LogP contribution in [0.3, 0.4) is 0 Å². The molecule has 0 aliphatic carbocycles. The van der Waals surface area contributed by atoms with Crippen LogP contribution in [0.25, 0.3) is 0 Å². The van der Waals surface area contributed by atoms with Crippen molar-refractivity contribution in [3.63, 3.8) is 0 Å². The first-order valence-electron chi connectivity index (χ1n) is 6.33. The Labute approximate surface area is 103 Å². The van der Waals surface area contributed by atoms with Crippen molar-refractivity contribution in [1.82, 2.24) is 4.90 Å². The first-order valence-corrected chi connectivity index (χ1v) is 6.33. The molecule has 3 nitrogen and oxygen atoms in total. The van der Waals surface area contributed by atoms with Crippen LogP contribution in [-0.4, -0.2) is 42.9 Å². The van der Waals surface area contributed by atoms with Gasteiger partial charge in [-0.05, 0) is 24.4 Å². The first-order chi connectivity index (χ1) is 8.38. The number of benzene rings is 1. The fraction of sp³-hybridized carbons (Fsp3) is 0.571. The predicted octanol–water partition coefficient (Wildman–Crippen LogP) is 1.52. The van der Waals surface area contributed by atoms with Crippen molar-refractivity contribution in [3.05, 3.63) is 35.9 Å². The number of nitrogens with zero attached hydrogens (tertiary/aromatic N) is 1. The Morgan fingerprint density at radius 3 is 2.82 bits per heavy atom. The molecular weight excluding hydrogens is 214 g/mol. The number of aliphatic hydroxyl groups excluding tert-OH is 1. The van der Waals surface area contributed by atoms with Gasteiger partial charge >= 0.3 is 0 Å². The predicted molar refractivity (Wildman–Crippen MR) is 67.7 cm³/mol. The number of rotatable bonds is 6. The third kappa shape index (κ3) is 4.11. The Balaban J connectivity index is 1.58. The molecule has 0 spiro atoms. The van der Waals surface area contributed by atoms with E-state index in [-0.39, 0.29) is 0 Å². The van der Waals surface area contributed by atoms with Crippen LogP contribution in [0, 0.1) is 5.92 Å². The van der Waals surface area contributed by atoms with Crippen molar-refractivity contribution < 1.29 is 9.84 Å². The van der Waals surface area contributed by atoms with E-state index in [1.54, 1.807) is 0 Å². The lowest BCUT2D eigenvalue weighted by Gasteiger charge is -2.15. The van der Waals surface area contributed by atoms with Gasteiger partial charge in [0.1, 0.15) is 0 Å². The molecular formula is C14H21NO2. The molecule has 0 bridgehead atoms. The van der Waals surface area contributed by atoms with Crippen LogP contribution in [0.15, 0.2) is 30.3 Å². The quantitative estimate of drug-likeness (QED) is 0.759. The lowest BCUT2D eigenvalue weighted by Crippen LogP contribution is -2.25. The van der Waals surface area contributed by atoms with E-state index in [1.165, 1.54) is 5.56 Å². The Morgan fingerprint density at radius 2 is 2.12 bits per heavy atom. The average molecular weight is 235 g/mol. The molecule has 1 N–H and O–H groups in total. The molecule has 1 aliphatic heterocycles. The summed E-state index contributed by atoms with van der Waals surface area (Å²) in [4.78, 5) is 2.37. The molecule has 3 heteroatoms. The van der Waals surface area contributed by atoms with E-state index in [9.17, 15) is 0 Å². The largest absolute Gasteiger partial charge is 0.396 e. The third-order valence-corrected chi connectivity index (χ3v) is 3.29. The van der Waals surface area contributed by atoms with Gasteiger partial charge in [0.05, 0.1) is 13.2 Å². The topological polar surface area (TPSA) is 32.7 Å². The smallest absolute Gasteiger partial charge is 0.0717 e. The summed E-state index contributed by atoms with van der Waals surface area (Å²) in [6.45, 7) is 4.88. The zero-order valence-corrected chi connectivity index (χ0v) is 10.2. The van der Waals surface area contributed by atoms with Crippen molar-refractivity contribution >= 4 is 0 Å². The number of likely N-dealkylation sites (tertiary alicyclic amines) is 1. The number of ether oxygens (including phenoxy) is 1. The highest BCUT2D eigenvalue weighted by Crippen LogP contribution is 2.14. The Kier molecular flexibility index (Phi) is 4.98. The summed E-state index contributed by atoms with van der Waals surface area (Å²) in [5, 5.41) is 9.05. The van der Waals surface area contributed by atoms with E-state index in [2.05, 4.69) is 17.0 Å². The van der Waals surface area contributed by atoms with Crippen LogP contribution in [0.1, 0.15) is 12.0 Å². The molecule has 1 aliphatic rings. The van der Waals surface area contributed by atoms with Gasteiger partial charge in [0.15, 0.2) is 0 Å². The molecule has 94 valence electrons. The lowest BCUT2D eigenvalue weighted by atomic mass is 10.1. The Bertz CT molecular complexity index is 315. The van der Waals surface area contributed by atoms with Gasteiger partial charge in [0, 0.05) is 19.7 Å². The molecule has 2 rings (SSSR count). The normalized spacial score (nSPS) is 20.9. The van der Waals surface area contributed by atoms with Gasteiger partial charge in [-0.1, -0.05) is 30.3 Å². The zero-order valence-electron chi connectivity index (χ0n) is 10.2. The van der Waals surface area contributed by atoms with Crippen LogP contribution in [0.2, 0.25) is 0 Å². The summed E-state index contributed by atoms with van der Waals surface area (Å²) in [7, 11) is 0. The van der Waals surface area contributed by atoms with Gasteiger partial charge < -0.3 is 14.7 Å². The number of aliphatic hydroxyl groups is 1. The van der Waals surface area contributed by atoms with Crippen molar-refractivity contribution in [3.8, 4) is 0 Å². The van der Waals surface area contributed by atoms with Gasteiger partial charge in [-0.2, -0.15) is 0 Å². The van der Waals surface area contributed by atoms with E-state index in [4.69, 9.17) is 9.84 Å². The van der Waals surface area contributed by atoms with Crippen molar-refractivity contribution in [2.75, 3.05) is 32.8 Å². The van der Waals surface area contributed by atoms with Crippen LogP contribution in [0.5, 0.6) is 0 Å². The molecule has 1 unspecified atom stereocenters. The van der Waals surface area contributed by atoms with Crippen LogP contribution < -0.4 is 0 Å². The molecule has 1 heterocycles. The van der Waals surface area contributed by atoms with Crippen LogP contribution >= 0.6 is 0 Å². The Hall–Kier alpha value is -0.900. The maximum atomic E-state index is 9.05. The highest BCUT2D eigenvalue weighted by atomic mass is 16.5. The van der Waals surface area contributed by atoms with Gasteiger partial charge in [-0.15, -0.1) is 0 Å². The number of hydrogen-bond acceptors (Lipinski definition) is 3. The zero-order chi connectivity index (χ0) is 11.9. The fourth-order valence-electron chi connectivity index (χ4n) is 2.22. The molecule has 0 aromatic heterocycles. The van der Waals surface area contributed by atoms with Gasteiger partial charge in [-0.25, -0.2) is 0 Å². The summed E-state index contributed by atoms with van der Waals surface area (Å²) < 4.78 is 5.65.